The van der Waals surface area contributed by atoms with Crippen LogP contribution in [0.15, 0.2) is 36.8 Å². The van der Waals surface area contributed by atoms with E-state index in [9.17, 15) is 0 Å². The number of nitrogens with zero attached hydrogens (tertiary/aromatic N) is 2. The molecule has 19 heavy (non-hydrogen) atoms. The van der Waals surface area contributed by atoms with Crippen LogP contribution in [0.25, 0.3) is 0 Å². The number of aromatic nitrogens is 2. The second kappa shape index (κ2) is 5.57. The normalized spacial score (nSPS) is 14.6. The fourth-order valence-corrected chi connectivity index (χ4v) is 2.24. The molecule has 1 heterocycles. The van der Waals surface area contributed by atoms with Crippen molar-refractivity contribution in [2.24, 2.45) is 11.7 Å². The fraction of sp³-hybridized carbons (Fsp3) is 0.438. The maximum absolute atomic E-state index is 6.26. The molecular formula is C16H23N3. The van der Waals surface area contributed by atoms with E-state index in [0.29, 0.717) is 5.92 Å². The summed E-state index contributed by atoms with van der Waals surface area (Å²) in [5.74, 6) is 0.403. The molecule has 2 atom stereocenters. The van der Waals surface area contributed by atoms with Crippen LogP contribution in [0, 0.1) is 12.8 Å². The first-order valence-electron chi connectivity index (χ1n) is 6.84. The second-order valence-corrected chi connectivity index (χ2v) is 5.58. The van der Waals surface area contributed by atoms with Crippen molar-refractivity contribution in [1.29, 1.82) is 0 Å². The predicted octanol–water partition coefficient (Wildman–Crippen LogP) is 3.46. The highest BCUT2D eigenvalue weighted by Gasteiger charge is 2.18. The summed E-state index contributed by atoms with van der Waals surface area (Å²) < 4.78 is 2.18. The highest BCUT2D eigenvalue weighted by atomic mass is 15.1. The molecule has 102 valence electrons. The number of hydrogen-bond acceptors (Lipinski definition) is 2. The minimum absolute atomic E-state index is 0.0235. The quantitative estimate of drug-likeness (QED) is 0.911. The average molecular weight is 257 g/mol. The smallest absolute Gasteiger partial charge is 0.0954 e. The van der Waals surface area contributed by atoms with E-state index >= 15 is 0 Å². The molecule has 0 aliphatic heterocycles. The molecule has 3 nitrogen and oxygen atoms in total. The van der Waals surface area contributed by atoms with E-state index in [0.717, 1.165) is 5.69 Å². The first-order chi connectivity index (χ1) is 9.00. The monoisotopic (exact) mass is 257 g/mol. The highest BCUT2D eigenvalue weighted by molar-refractivity contribution is 5.25. The maximum Gasteiger partial charge on any atom is 0.0954 e. The van der Waals surface area contributed by atoms with Crippen molar-refractivity contribution in [3.63, 3.8) is 0 Å². The summed E-state index contributed by atoms with van der Waals surface area (Å²) >= 11 is 0. The third-order valence-electron chi connectivity index (χ3n) is 3.73. The summed E-state index contributed by atoms with van der Waals surface area (Å²) in [6.07, 6.45) is 3.76. The number of rotatable bonds is 4. The molecule has 0 saturated carbocycles. The van der Waals surface area contributed by atoms with Crippen molar-refractivity contribution in [2.75, 3.05) is 0 Å². The van der Waals surface area contributed by atoms with E-state index in [1.165, 1.54) is 11.1 Å². The molecule has 0 amide bonds. The van der Waals surface area contributed by atoms with Crippen LogP contribution in [0.4, 0.5) is 0 Å². The van der Waals surface area contributed by atoms with Crippen LogP contribution >= 0.6 is 0 Å². The molecule has 2 unspecified atom stereocenters. The van der Waals surface area contributed by atoms with Crippen molar-refractivity contribution >= 4 is 0 Å². The third kappa shape index (κ3) is 2.87. The molecule has 0 aliphatic carbocycles. The van der Waals surface area contributed by atoms with Gasteiger partial charge in [-0.1, -0.05) is 43.7 Å². The lowest BCUT2D eigenvalue weighted by molar-refractivity contribution is 0.468. The SMILES string of the molecule is Cc1ccc(C(C)n2cncc2C(N)C(C)C)cc1. The molecule has 2 rings (SSSR count). The summed E-state index contributed by atoms with van der Waals surface area (Å²) in [5, 5.41) is 0. The van der Waals surface area contributed by atoms with Gasteiger partial charge in [-0.3, -0.25) is 0 Å². The molecule has 0 radical (unpaired) electrons. The standard InChI is InChI=1S/C16H23N3/c1-11(2)16(17)15-9-18-10-19(15)13(4)14-7-5-12(3)6-8-14/h5-11,13,16H,17H2,1-4H3. The van der Waals surface area contributed by atoms with Crippen molar-refractivity contribution in [1.82, 2.24) is 9.55 Å². The van der Waals surface area contributed by atoms with Gasteiger partial charge in [0.25, 0.3) is 0 Å². The van der Waals surface area contributed by atoms with Crippen LogP contribution in [0.3, 0.4) is 0 Å². The van der Waals surface area contributed by atoms with Gasteiger partial charge in [0.1, 0.15) is 0 Å². The van der Waals surface area contributed by atoms with Gasteiger partial charge in [0.15, 0.2) is 0 Å². The average Bonchev–Trinajstić information content (AvgIpc) is 2.86. The van der Waals surface area contributed by atoms with E-state index in [1.807, 2.05) is 12.5 Å². The van der Waals surface area contributed by atoms with Crippen molar-refractivity contribution < 1.29 is 0 Å². The van der Waals surface area contributed by atoms with Gasteiger partial charge < -0.3 is 10.3 Å². The zero-order chi connectivity index (χ0) is 14.0. The summed E-state index contributed by atoms with van der Waals surface area (Å²) in [6, 6.07) is 8.91. The Bertz CT molecular complexity index is 525. The van der Waals surface area contributed by atoms with Gasteiger partial charge in [-0.25, -0.2) is 4.98 Å². The molecule has 0 bridgehead atoms. The Morgan fingerprint density at radius 3 is 2.32 bits per heavy atom. The molecule has 0 fully saturated rings. The molecule has 2 N–H and O–H groups in total. The molecule has 0 aliphatic rings. The number of hydrogen-bond donors (Lipinski definition) is 1. The molecule has 1 aromatic carbocycles. The van der Waals surface area contributed by atoms with Gasteiger partial charge in [-0.2, -0.15) is 0 Å². The number of benzene rings is 1. The Morgan fingerprint density at radius 1 is 1.11 bits per heavy atom. The van der Waals surface area contributed by atoms with Crippen LogP contribution in [0.2, 0.25) is 0 Å². The van der Waals surface area contributed by atoms with Gasteiger partial charge in [0.2, 0.25) is 0 Å². The van der Waals surface area contributed by atoms with Crippen LogP contribution in [-0.4, -0.2) is 9.55 Å². The Balaban J connectivity index is 2.32. The Hall–Kier alpha value is -1.61. The van der Waals surface area contributed by atoms with Gasteiger partial charge in [-0.05, 0) is 25.3 Å². The van der Waals surface area contributed by atoms with Crippen molar-refractivity contribution in [3.05, 3.63) is 53.6 Å². The van der Waals surface area contributed by atoms with Crippen LogP contribution in [-0.2, 0) is 0 Å². The predicted molar refractivity (Wildman–Crippen MR) is 79.0 cm³/mol. The third-order valence-corrected chi connectivity index (χ3v) is 3.73. The van der Waals surface area contributed by atoms with Gasteiger partial charge in [-0.15, -0.1) is 0 Å². The second-order valence-electron chi connectivity index (χ2n) is 5.58. The zero-order valence-electron chi connectivity index (χ0n) is 12.2. The van der Waals surface area contributed by atoms with Gasteiger partial charge >= 0.3 is 0 Å². The summed E-state index contributed by atoms with van der Waals surface area (Å²) in [6.45, 7) is 8.56. The summed E-state index contributed by atoms with van der Waals surface area (Å²) in [7, 11) is 0. The Labute approximate surface area is 115 Å². The van der Waals surface area contributed by atoms with Crippen molar-refractivity contribution in [3.8, 4) is 0 Å². The molecule has 2 aromatic rings. The van der Waals surface area contributed by atoms with Gasteiger partial charge in [0, 0.05) is 12.2 Å². The minimum atomic E-state index is 0.0235. The Kier molecular flexibility index (Phi) is 4.05. The van der Waals surface area contributed by atoms with Crippen LogP contribution < -0.4 is 5.73 Å². The summed E-state index contributed by atoms with van der Waals surface area (Å²) in [5.41, 5.74) is 9.92. The highest BCUT2D eigenvalue weighted by Crippen LogP contribution is 2.25. The number of imidazole rings is 1. The maximum atomic E-state index is 6.26. The van der Waals surface area contributed by atoms with Crippen LogP contribution in [0.5, 0.6) is 0 Å². The fourth-order valence-electron chi connectivity index (χ4n) is 2.24. The number of aryl methyl sites for hydroxylation is 1. The van der Waals surface area contributed by atoms with E-state index in [-0.39, 0.29) is 12.1 Å². The lowest BCUT2D eigenvalue weighted by atomic mass is 10.0. The first kappa shape index (κ1) is 13.8. The largest absolute Gasteiger partial charge is 0.326 e. The molecule has 0 saturated heterocycles. The zero-order valence-corrected chi connectivity index (χ0v) is 12.2. The lowest BCUT2D eigenvalue weighted by Crippen LogP contribution is -2.22. The summed E-state index contributed by atoms with van der Waals surface area (Å²) in [4.78, 5) is 4.27. The van der Waals surface area contributed by atoms with E-state index in [1.54, 1.807) is 0 Å². The van der Waals surface area contributed by atoms with E-state index in [2.05, 4.69) is 61.5 Å². The topological polar surface area (TPSA) is 43.8 Å². The van der Waals surface area contributed by atoms with E-state index in [4.69, 9.17) is 5.73 Å². The van der Waals surface area contributed by atoms with Crippen LogP contribution in [0.1, 0.15) is 49.7 Å². The minimum Gasteiger partial charge on any atom is -0.326 e. The first-order valence-corrected chi connectivity index (χ1v) is 6.84. The molecule has 3 heteroatoms. The Morgan fingerprint density at radius 2 is 1.74 bits per heavy atom. The van der Waals surface area contributed by atoms with Crippen molar-refractivity contribution in [2.45, 2.75) is 39.8 Å². The number of nitrogens with two attached hydrogens (primary N) is 1. The van der Waals surface area contributed by atoms with Gasteiger partial charge in [0.05, 0.1) is 18.1 Å². The molecule has 0 spiro atoms. The molecular weight excluding hydrogens is 234 g/mol. The molecule has 1 aromatic heterocycles. The lowest BCUT2D eigenvalue weighted by Gasteiger charge is -2.22. The van der Waals surface area contributed by atoms with E-state index < -0.39 is 0 Å².